The topological polar surface area (TPSA) is 392 Å². The molecule has 3 aliphatic carbocycles. The van der Waals surface area contributed by atoms with Gasteiger partial charge in [-0.1, -0.05) is 85.9 Å². The van der Waals surface area contributed by atoms with Crippen molar-refractivity contribution in [1.82, 2.24) is 50.8 Å². The summed E-state index contributed by atoms with van der Waals surface area (Å²) in [6.45, 7) is 19.3. The van der Waals surface area contributed by atoms with Crippen molar-refractivity contribution in [3.8, 4) is 17.2 Å². The van der Waals surface area contributed by atoms with Gasteiger partial charge < -0.3 is 74.9 Å². The summed E-state index contributed by atoms with van der Waals surface area (Å²) in [6, 6.07) is 1.10. The van der Waals surface area contributed by atoms with Gasteiger partial charge in [0.25, 0.3) is 11.8 Å². The molecule has 2 aromatic carbocycles. The van der Waals surface area contributed by atoms with Crippen LogP contribution in [0.3, 0.4) is 0 Å². The van der Waals surface area contributed by atoms with Crippen LogP contribution in [0.25, 0.3) is 22.6 Å². The van der Waals surface area contributed by atoms with E-state index in [1.54, 1.807) is 86.6 Å². The predicted octanol–water partition coefficient (Wildman–Crippen LogP) is 4.96. The molecule has 592 valence electrons. The zero-order valence-corrected chi connectivity index (χ0v) is 66.4. The summed E-state index contributed by atoms with van der Waals surface area (Å²) in [4.78, 5) is 210. The monoisotopic (exact) mass is 1550 g/mol. The van der Waals surface area contributed by atoms with E-state index in [1.807, 2.05) is 19.0 Å². The van der Waals surface area contributed by atoms with Gasteiger partial charge in [0.1, 0.15) is 59.9 Å². The predicted molar refractivity (Wildman–Crippen MR) is 401 cm³/mol. The van der Waals surface area contributed by atoms with Gasteiger partial charge in [0.2, 0.25) is 40.9 Å². The number of aryl methyl sites for hydroxylation is 1. The van der Waals surface area contributed by atoms with E-state index in [2.05, 4.69) is 21.3 Å². The third-order valence-corrected chi connectivity index (χ3v) is 20.6. The highest BCUT2D eigenvalue weighted by Crippen LogP contribution is 2.39. The number of ketones is 2. The van der Waals surface area contributed by atoms with E-state index in [9.17, 15) is 57.5 Å². The highest BCUT2D eigenvalue weighted by molar-refractivity contribution is 6.30. The third-order valence-electron chi connectivity index (χ3n) is 20.3. The van der Waals surface area contributed by atoms with Gasteiger partial charge in [0, 0.05) is 69.0 Å². The zero-order chi connectivity index (χ0) is 79.6. The molecule has 6 N–H and O–H groups in total. The Labute approximate surface area is 640 Å². The van der Waals surface area contributed by atoms with Crippen LogP contribution in [0.4, 0.5) is 5.69 Å². The largest absolute Gasteiger partial charge is 0.482 e. The van der Waals surface area contributed by atoms with Crippen molar-refractivity contribution in [2.75, 3.05) is 80.9 Å². The second-order valence-electron chi connectivity index (χ2n) is 30.0. The number of likely N-dealkylation sites (N-methyl/N-ethyl adjacent to an activating group) is 5. The molecule has 2 saturated carbocycles. The fourth-order valence-electron chi connectivity index (χ4n) is 14.2. The number of anilines is 1. The SMILES string of the molecule is CN(C)CCOC(=O)COc1ccc(Cl)cc1.Cc1c2oc3c(C)ccc(C(=O)NC4C(=O)NC(C(C)C)C(=O)C5CCCC5C(=O)N(C)CC(=O)N(C)C(C(C)C)C(=O)OC4C)c3nc-2c(C(=O)NC2C(=O)NC(C(C)C)C(=O)C3CCCC3C(=O)N(C)CC(=O)N(C)C(C(C)C)C(=O)OC2C)c(N)c1=O.Cl. The van der Waals surface area contributed by atoms with E-state index >= 15 is 9.59 Å². The van der Waals surface area contributed by atoms with E-state index in [1.165, 1.54) is 70.9 Å². The van der Waals surface area contributed by atoms with Gasteiger partial charge in [0.15, 0.2) is 29.5 Å². The Morgan fingerprint density at radius 2 is 1.09 bits per heavy atom. The number of fused-ring (bicyclic) bond motifs is 4. The second kappa shape index (κ2) is 37.7. The molecular weight excluding hydrogens is 1440 g/mol. The Balaban J connectivity index is 0.000000891. The van der Waals surface area contributed by atoms with Crippen molar-refractivity contribution in [3.63, 3.8) is 0 Å². The van der Waals surface area contributed by atoms with Gasteiger partial charge in [-0.15, -0.1) is 12.4 Å². The van der Waals surface area contributed by atoms with Crippen LogP contribution >= 0.6 is 24.0 Å². The highest BCUT2D eigenvalue weighted by atomic mass is 35.5. The number of carbonyl (C=O) groups excluding carboxylic acids is 13. The van der Waals surface area contributed by atoms with Crippen LogP contribution in [0.15, 0.2) is 45.6 Å². The maximum absolute atomic E-state index is 15.2. The van der Waals surface area contributed by atoms with Crippen molar-refractivity contribution in [2.24, 2.45) is 47.3 Å². The van der Waals surface area contributed by atoms with Crippen molar-refractivity contribution in [1.29, 1.82) is 0 Å². The first-order chi connectivity index (χ1) is 50.2. The van der Waals surface area contributed by atoms with Crippen molar-refractivity contribution in [2.45, 2.75) is 170 Å². The molecule has 0 radical (unpaired) electrons. The Kier molecular flexibility index (Phi) is 30.6. The lowest BCUT2D eigenvalue weighted by molar-refractivity contribution is -0.163. The number of nitrogens with one attached hydrogen (secondary N) is 4. The number of rotatable bonds is 14. The first kappa shape index (κ1) is 87.6. The van der Waals surface area contributed by atoms with Crippen molar-refractivity contribution >= 4 is 118 Å². The molecule has 3 aliphatic heterocycles. The second-order valence-corrected chi connectivity index (χ2v) is 30.5. The fourth-order valence-corrected chi connectivity index (χ4v) is 14.3. The Morgan fingerprint density at radius 3 is 1.53 bits per heavy atom. The molecule has 8 amide bonds. The van der Waals surface area contributed by atoms with Crippen LogP contribution < -0.4 is 37.2 Å². The van der Waals surface area contributed by atoms with Crippen LogP contribution in [0.2, 0.25) is 5.02 Å². The van der Waals surface area contributed by atoms with Crippen LogP contribution in [-0.4, -0.2) is 230 Å². The fraction of sp³-hybridized carbons (Fsp3) is 0.592. The number of benzene rings is 3. The summed E-state index contributed by atoms with van der Waals surface area (Å²) in [5.41, 5.74) is 3.67. The average Bonchev–Trinajstić information content (AvgIpc) is 0.889. The maximum Gasteiger partial charge on any atom is 0.344 e. The smallest absolute Gasteiger partial charge is 0.344 e. The minimum absolute atomic E-state index is 0. The standard InChI is InChI=1S/C64H88N10O16.C12H16ClNO3.ClH/c1-27(2)44-53(78)35-19-17-21-37(35)61(84)71(13)25-40(75)73(15)50(29(5)6)63(86)88-33(11)46(59(82)67-44)69-57(80)39-24-23-31(9)55-48(39)66-49-42(43(65)52(77)32(10)56(49)90-55)58(81)70-47-34(12)89-64(87)51(30(7)8)74(16)41(76)26-72(14)62(85)38-22-18-20-36(38)54(79)45(28(3)4)68-60(47)83;1-14(2)7-8-16-12(15)9-17-11-5-3-10(13)4-6-11;/h23-24,27-30,33-38,44-47,50-51H,17-22,25-26,65H2,1-16H3,(H,67,82)(H,68,83)(H,69,80)(H,70,81);3-6H,7-9H2,1-2H3;1H. The number of Topliss-reactive ketones (excluding diaryl/α,β-unsaturated/α-hetero) is 2. The van der Waals surface area contributed by atoms with E-state index in [0.29, 0.717) is 68.0 Å². The van der Waals surface area contributed by atoms with Gasteiger partial charge in [-0.2, -0.15) is 0 Å². The Morgan fingerprint density at radius 1 is 0.648 bits per heavy atom. The molecule has 12 atom stereocenters. The summed E-state index contributed by atoms with van der Waals surface area (Å²) in [5, 5.41) is 11.4. The summed E-state index contributed by atoms with van der Waals surface area (Å²) in [7, 11) is 9.49. The molecule has 108 heavy (non-hydrogen) atoms. The number of nitrogen functional groups attached to an aromatic ring is 1. The van der Waals surface area contributed by atoms with Crippen LogP contribution in [0, 0.1) is 61.2 Å². The number of nitrogens with zero attached hydrogens (tertiary/aromatic N) is 6. The zero-order valence-electron chi connectivity index (χ0n) is 64.8. The van der Waals surface area contributed by atoms with Gasteiger partial charge in [-0.05, 0) is 127 Å². The minimum atomic E-state index is -1.86. The first-order valence-electron chi connectivity index (χ1n) is 36.3. The number of amides is 8. The average molecular weight is 1550 g/mol. The van der Waals surface area contributed by atoms with E-state index in [0.717, 1.165) is 9.80 Å². The summed E-state index contributed by atoms with van der Waals surface area (Å²) in [6.07, 6.45) is -0.654. The number of halogens is 2. The van der Waals surface area contributed by atoms with Crippen LogP contribution in [0.5, 0.6) is 5.75 Å². The molecule has 3 heterocycles. The number of carbonyl (C=O) groups is 13. The number of esters is 3. The molecule has 6 aliphatic rings. The lowest BCUT2D eigenvalue weighted by Gasteiger charge is -2.35. The van der Waals surface area contributed by atoms with E-state index < -0.39 is 196 Å². The molecule has 30 nitrogen and oxygen atoms in total. The number of cyclic esters (lactones) is 2. The number of hydrogen-bond donors (Lipinski definition) is 5. The molecular formula is C76H105Cl2N11O19. The maximum atomic E-state index is 15.2. The molecule has 8 rings (SSSR count). The normalized spacial score (nSPS) is 24.8. The molecule has 4 fully saturated rings. The third kappa shape index (κ3) is 20.3. The van der Waals surface area contributed by atoms with Gasteiger partial charge in [-0.3, -0.25) is 52.7 Å². The Hall–Kier alpha value is -9.29. The molecule has 2 aromatic rings. The Bertz CT molecular complexity index is 4070. The molecule has 0 bridgehead atoms. The molecule has 12 unspecified atom stereocenters. The van der Waals surface area contributed by atoms with Crippen LogP contribution in [0.1, 0.15) is 140 Å². The lowest BCUT2D eigenvalue weighted by Crippen LogP contribution is -2.59. The van der Waals surface area contributed by atoms with E-state index in [-0.39, 0.29) is 58.7 Å². The minimum Gasteiger partial charge on any atom is -0.482 e. The van der Waals surface area contributed by atoms with E-state index in [4.69, 9.17) is 45.7 Å². The highest BCUT2D eigenvalue weighted by Gasteiger charge is 2.48. The lowest BCUT2D eigenvalue weighted by atomic mass is 9.83. The number of ether oxygens (including phenoxy) is 4. The molecule has 0 aromatic heterocycles. The van der Waals surface area contributed by atoms with Gasteiger partial charge in [-0.25, -0.2) is 19.4 Å². The van der Waals surface area contributed by atoms with Crippen molar-refractivity contribution < 1.29 is 85.7 Å². The summed E-state index contributed by atoms with van der Waals surface area (Å²) >= 11 is 5.72. The number of aromatic nitrogens is 1. The molecule has 2 saturated heterocycles. The number of hydrogen-bond acceptors (Lipinski definition) is 22. The van der Waals surface area contributed by atoms with Crippen molar-refractivity contribution in [3.05, 3.63) is 73.9 Å². The summed E-state index contributed by atoms with van der Waals surface area (Å²) in [5.74, 6) is -14.7. The molecule has 0 spiro atoms. The molecule has 32 heteroatoms. The number of nitrogens with two attached hydrogens (primary N) is 1. The van der Waals surface area contributed by atoms with Gasteiger partial charge >= 0.3 is 17.9 Å². The quantitative estimate of drug-likeness (QED) is 0.0482. The van der Waals surface area contributed by atoms with Gasteiger partial charge in [0.05, 0.1) is 42.0 Å². The first-order valence-corrected chi connectivity index (χ1v) is 36.6. The summed E-state index contributed by atoms with van der Waals surface area (Å²) < 4.78 is 28.5. The van der Waals surface area contributed by atoms with Crippen LogP contribution in [-0.2, 0) is 67.0 Å².